The Kier molecular flexibility index (Phi) is 3.91. The van der Waals surface area contributed by atoms with Gasteiger partial charge in [0.05, 0.1) is 12.1 Å². The number of imide groups is 1. The Labute approximate surface area is 157 Å². The smallest absolute Gasteiger partial charge is 0.328 e. The number of benzene rings is 1. The van der Waals surface area contributed by atoms with E-state index in [1.165, 1.54) is 15.9 Å². The van der Waals surface area contributed by atoms with Crippen molar-refractivity contribution < 1.29 is 23.5 Å². The van der Waals surface area contributed by atoms with Crippen LogP contribution in [0.3, 0.4) is 0 Å². The van der Waals surface area contributed by atoms with E-state index < -0.39 is 22.9 Å². The van der Waals surface area contributed by atoms with Crippen LogP contribution in [0.4, 0.5) is 13.6 Å². The molecule has 0 atom stereocenters. The zero-order chi connectivity index (χ0) is 19.5. The van der Waals surface area contributed by atoms with Crippen molar-refractivity contribution in [3.63, 3.8) is 0 Å². The first-order valence-corrected chi connectivity index (χ1v) is 9.23. The quantitative estimate of drug-likeness (QED) is 0.806. The molecule has 0 radical (unpaired) electrons. The summed E-state index contributed by atoms with van der Waals surface area (Å²) < 4.78 is 27.3. The fourth-order valence-electron chi connectivity index (χ4n) is 3.28. The third-order valence-corrected chi connectivity index (χ3v) is 5.81. The number of aromatic hydroxyl groups is 1. The zero-order valence-electron chi connectivity index (χ0n) is 14.6. The Morgan fingerprint density at radius 1 is 1.26 bits per heavy atom. The molecule has 27 heavy (non-hydrogen) atoms. The lowest BCUT2D eigenvalue weighted by Crippen LogP contribution is -2.37. The van der Waals surface area contributed by atoms with Crippen LogP contribution in [0, 0.1) is 11.6 Å². The van der Waals surface area contributed by atoms with Gasteiger partial charge in [-0.1, -0.05) is 11.3 Å². The highest BCUT2D eigenvalue weighted by Crippen LogP contribution is 2.49. The van der Waals surface area contributed by atoms with E-state index in [-0.39, 0.29) is 35.1 Å². The molecule has 142 valence electrons. The maximum atomic E-state index is 14.1. The summed E-state index contributed by atoms with van der Waals surface area (Å²) in [5, 5.41) is 17.9. The lowest BCUT2D eigenvalue weighted by Gasteiger charge is -2.20. The lowest BCUT2D eigenvalue weighted by molar-refractivity contribution is -0.130. The van der Waals surface area contributed by atoms with Gasteiger partial charge in [0.15, 0.2) is 22.4 Å². The van der Waals surface area contributed by atoms with E-state index in [1.807, 2.05) is 0 Å². The van der Waals surface area contributed by atoms with Crippen LogP contribution in [-0.2, 0) is 11.3 Å². The SMILES string of the molecule is CC(C)N1C(=O)N(Cc2nnc(-c3ccc(F)c(O)c3F)s2)C2(CC2)C1=O. The van der Waals surface area contributed by atoms with Crippen molar-refractivity contribution in [2.75, 3.05) is 0 Å². The number of carbonyl (C=O) groups excluding carboxylic acids is 2. The molecule has 2 aliphatic rings. The third-order valence-electron chi connectivity index (χ3n) is 4.87. The molecule has 4 rings (SSSR count). The third kappa shape index (κ3) is 2.58. The van der Waals surface area contributed by atoms with Crippen molar-refractivity contribution in [3.05, 3.63) is 28.8 Å². The molecular weight excluding hydrogens is 378 g/mol. The number of hydrogen-bond donors (Lipinski definition) is 1. The molecule has 3 amide bonds. The van der Waals surface area contributed by atoms with Gasteiger partial charge in [0, 0.05) is 6.04 Å². The van der Waals surface area contributed by atoms with E-state index in [0.29, 0.717) is 17.8 Å². The van der Waals surface area contributed by atoms with Crippen molar-refractivity contribution in [2.24, 2.45) is 0 Å². The summed E-state index contributed by atoms with van der Waals surface area (Å²) in [6.07, 6.45) is 1.21. The Bertz CT molecular complexity index is 958. The zero-order valence-corrected chi connectivity index (χ0v) is 15.4. The molecule has 1 saturated carbocycles. The van der Waals surface area contributed by atoms with Crippen molar-refractivity contribution >= 4 is 23.3 Å². The number of amides is 3. The molecule has 2 fully saturated rings. The van der Waals surface area contributed by atoms with Crippen molar-refractivity contribution in [1.82, 2.24) is 20.0 Å². The van der Waals surface area contributed by atoms with Gasteiger partial charge in [-0.05, 0) is 38.8 Å². The Morgan fingerprint density at radius 2 is 1.96 bits per heavy atom. The second-order valence-corrected chi connectivity index (χ2v) is 7.99. The van der Waals surface area contributed by atoms with Gasteiger partial charge >= 0.3 is 6.03 Å². The first kappa shape index (κ1) is 17.8. The minimum Gasteiger partial charge on any atom is -0.503 e. The number of phenolic OH excluding ortho intramolecular Hbond substituents is 1. The maximum Gasteiger partial charge on any atom is 0.328 e. The highest BCUT2D eigenvalue weighted by molar-refractivity contribution is 7.14. The Morgan fingerprint density at radius 3 is 2.59 bits per heavy atom. The molecule has 1 aromatic carbocycles. The fourth-order valence-corrected chi connectivity index (χ4v) is 4.13. The molecule has 0 bridgehead atoms. The van der Waals surface area contributed by atoms with E-state index in [0.717, 1.165) is 17.4 Å². The molecule has 2 aromatic rings. The summed E-state index contributed by atoms with van der Waals surface area (Å²) in [7, 11) is 0. The van der Waals surface area contributed by atoms with Gasteiger partial charge in [0.2, 0.25) is 0 Å². The van der Waals surface area contributed by atoms with Crippen LogP contribution in [0.5, 0.6) is 5.75 Å². The number of carbonyl (C=O) groups is 2. The summed E-state index contributed by atoms with van der Waals surface area (Å²) >= 11 is 1.02. The van der Waals surface area contributed by atoms with Gasteiger partial charge in [0.25, 0.3) is 5.91 Å². The minimum absolute atomic E-state index is 0.0774. The van der Waals surface area contributed by atoms with Crippen LogP contribution >= 0.6 is 11.3 Å². The second kappa shape index (κ2) is 5.95. The average Bonchev–Trinajstić information content (AvgIpc) is 3.24. The van der Waals surface area contributed by atoms with E-state index in [4.69, 9.17) is 0 Å². The van der Waals surface area contributed by atoms with Gasteiger partial charge in [-0.25, -0.2) is 13.6 Å². The maximum absolute atomic E-state index is 14.1. The molecule has 10 heteroatoms. The van der Waals surface area contributed by atoms with Crippen LogP contribution < -0.4 is 0 Å². The first-order chi connectivity index (χ1) is 12.8. The predicted molar refractivity (Wildman–Crippen MR) is 91.8 cm³/mol. The molecule has 1 aromatic heterocycles. The van der Waals surface area contributed by atoms with E-state index in [2.05, 4.69) is 10.2 Å². The molecule has 7 nitrogen and oxygen atoms in total. The Balaban J connectivity index is 1.61. The van der Waals surface area contributed by atoms with Gasteiger partial charge in [-0.15, -0.1) is 10.2 Å². The Hall–Kier alpha value is -2.62. The number of urea groups is 1. The standard InChI is InChI=1S/C17H16F2N4O3S/c1-8(2)23-15(25)17(5-6-17)22(16(23)26)7-11-20-21-14(27-11)9-3-4-10(18)13(24)12(9)19/h3-4,8,24H,5-7H2,1-2H3. The summed E-state index contributed by atoms with van der Waals surface area (Å²) in [6, 6.07) is 1.50. The number of halogens is 2. The van der Waals surface area contributed by atoms with Crippen molar-refractivity contribution in [1.29, 1.82) is 0 Å². The largest absolute Gasteiger partial charge is 0.503 e. The van der Waals surface area contributed by atoms with Gasteiger partial charge in [0.1, 0.15) is 10.5 Å². The van der Waals surface area contributed by atoms with Crippen molar-refractivity contribution in [2.45, 2.75) is 44.8 Å². The topological polar surface area (TPSA) is 86.6 Å². The lowest BCUT2D eigenvalue weighted by atomic mass is 10.2. The van der Waals surface area contributed by atoms with Crippen LogP contribution in [0.1, 0.15) is 31.7 Å². The molecule has 1 N–H and O–H groups in total. The number of nitrogens with zero attached hydrogens (tertiary/aromatic N) is 4. The highest BCUT2D eigenvalue weighted by atomic mass is 32.1. The number of rotatable bonds is 4. The predicted octanol–water partition coefficient (Wildman–Crippen LogP) is 2.89. The van der Waals surface area contributed by atoms with E-state index in [9.17, 15) is 23.5 Å². The van der Waals surface area contributed by atoms with Gasteiger partial charge in [-0.2, -0.15) is 0 Å². The average molecular weight is 394 g/mol. The molecule has 1 aliphatic heterocycles. The van der Waals surface area contributed by atoms with Crippen LogP contribution in [0.2, 0.25) is 0 Å². The second-order valence-electron chi connectivity index (χ2n) is 6.93. The molecule has 1 saturated heterocycles. The summed E-state index contributed by atoms with van der Waals surface area (Å²) in [5.74, 6) is -3.45. The summed E-state index contributed by atoms with van der Waals surface area (Å²) in [5.41, 5.74) is -0.876. The molecule has 0 unspecified atom stereocenters. The molecule has 1 spiro atoms. The first-order valence-electron chi connectivity index (χ1n) is 8.41. The normalized spacial score (nSPS) is 18.3. The number of aromatic nitrogens is 2. The monoisotopic (exact) mass is 394 g/mol. The van der Waals surface area contributed by atoms with E-state index >= 15 is 0 Å². The number of phenols is 1. The van der Waals surface area contributed by atoms with Crippen molar-refractivity contribution in [3.8, 4) is 16.3 Å². The summed E-state index contributed by atoms with van der Waals surface area (Å²) in [6.45, 7) is 3.64. The summed E-state index contributed by atoms with van der Waals surface area (Å²) in [4.78, 5) is 28.0. The molecule has 1 aliphatic carbocycles. The van der Waals surface area contributed by atoms with Gasteiger partial charge < -0.3 is 10.0 Å². The minimum atomic E-state index is -1.12. The molecule has 2 heterocycles. The van der Waals surface area contributed by atoms with Gasteiger partial charge in [-0.3, -0.25) is 9.69 Å². The van der Waals surface area contributed by atoms with Crippen LogP contribution in [0.25, 0.3) is 10.6 Å². The molecular formula is C17H16F2N4O3S. The number of hydrogen-bond acceptors (Lipinski definition) is 6. The van der Waals surface area contributed by atoms with E-state index in [1.54, 1.807) is 13.8 Å². The fraction of sp³-hybridized carbons (Fsp3) is 0.412. The van der Waals surface area contributed by atoms with Crippen LogP contribution in [-0.4, -0.2) is 48.6 Å². The van der Waals surface area contributed by atoms with Crippen LogP contribution in [0.15, 0.2) is 12.1 Å². The highest BCUT2D eigenvalue weighted by Gasteiger charge is 2.65.